The topological polar surface area (TPSA) is 37.6 Å². The van der Waals surface area contributed by atoms with Crippen LogP contribution in [0, 0.1) is 0 Å². The Labute approximate surface area is 113 Å². The zero-order chi connectivity index (χ0) is 13.2. The molecule has 1 N–H and O–H groups in total. The number of nitrogens with zero attached hydrogens (tertiary/aromatic N) is 1. The zero-order valence-electron chi connectivity index (χ0n) is 11.5. The molecule has 0 radical (unpaired) electrons. The monoisotopic (exact) mass is 260 g/mol. The molecule has 2 aromatic rings. The number of hydrogen-bond acceptors (Lipinski definition) is 4. The molecule has 2 heterocycles. The summed E-state index contributed by atoms with van der Waals surface area (Å²) in [6.45, 7) is 6.29. The van der Waals surface area contributed by atoms with Gasteiger partial charge >= 0.3 is 0 Å². The fraction of sp³-hybridized carbons (Fsp3) is 0.467. The van der Waals surface area contributed by atoms with Crippen molar-refractivity contribution in [2.75, 3.05) is 26.7 Å². The van der Waals surface area contributed by atoms with Crippen LogP contribution in [0.25, 0.3) is 11.0 Å². The standard InChI is InChI=1S/C15H20N2O2/c1-11-9-17(6-5-16-11)10-14-8-12-7-13(18-2)3-4-15(12)19-14/h3-4,7-8,11,16H,5-6,9-10H2,1-2H3/t11-/m1/s1. The summed E-state index contributed by atoms with van der Waals surface area (Å²) in [5.74, 6) is 1.90. The van der Waals surface area contributed by atoms with Gasteiger partial charge in [0.25, 0.3) is 0 Å². The SMILES string of the molecule is COc1ccc2oc(CN3CCN[C@H](C)C3)cc2c1. The Morgan fingerprint density at radius 2 is 2.32 bits per heavy atom. The van der Waals surface area contributed by atoms with E-state index in [9.17, 15) is 0 Å². The van der Waals surface area contributed by atoms with Crippen LogP contribution in [0.4, 0.5) is 0 Å². The minimum Gasteiger partial charge on any atom is -0.497 e. The molecule has 0 bridgehead atoms. The fourth-order valence-electron chi connectivity index (χ4n) is 2.66. The molecule has 1 atom stereocenters. The molecule has 0 saturated carbocycles. The highest BCUT2D eigenvalue weighted by atomic mass is 16.5. The summed E-state index contributed by atoms with van der Waals surface area (Å²) in [6.07, 6.45) is 0. The Kier molecular flexibility index (Phi) is 3.44. The number of nitrogens with one attached hydrogen (secondary N) is 1. The van der Waals surface area contributed by atoms with Gasteiger partial charge in [0, 0.05) is 31.1 Å². The predicted octanol–water partition coefficient (Wildman–Crippen LogP) is 2.24. The number of ether oxygens (including phenoxy) is 1. The molecule has 102 valence electrons. The first kappa shape index (κ1) is 12.5. The van der Waals surface area contributed by atoms with Gasteiger partial charge in [-0.15, -0.1) is 0 Å². The lowest BCUT2D eigenvalue weighted by atomic mass is 10.2. The van der Waals surface area contributed by atoms with Crippen LogP contribution in [-0.4, -0.2) is 37.7 Å². The van der Waals surface area contributed by atoms with Gasteiger partial charge < -0.3 is 14.5 Å². The van der Waals surface area contributed by atoms with E-state index in [0.717, 1.165) is 48.7 Å². The van der Waals surface area contributed by atoms with Crippen LogP contribution in [0.5, 0.6) is 5.75 Å². The molecule has 1 aliphatic heterocycles. The number of methoxy groups -OCH3 is 1. The van der Waals surface area contributed by atoms with Gasteiger partial charge in [0.2, 0.25) is 0 Å². The van der Waals surface area contributed by atoms with Crippen molar-refractivity contribution in [2.24, 2.45) is 0 Å². The molecule has 0 amide bonds. The van der Waals surface area contributed by atoms with Gasteiger partial charge in [-0.1, -0.05) is 0 Å². The molecule has 0 spiro atoms. The van der Waals surface area contributed by atoms with Crippen LogP contribution < -0.4 is 10.1 Å². The van der Waals surface area contributed by atoms with Gasteiger partial charge in [-0.2, -0.15) is 0 Å². The molecule has 1 saturated heterocycles. The summed E-state index contributed by atoms with van der Waals surface area (Å²) in [7, 11) is 1.68. The van der Waals surface area contributed by atoms with Gasteiger partial charge in [0.05, 0.1) is 13.7 Å². The third-order valence-electron chi connectivity index (χ3n) is 3.61. The predicted molar refractivity (Wildman–Crippen MR) is 75.5 cm³/mol. The Hall–Kier alpha value is -1.52. The van der Waals surface area contributed by atoms with Crippen LogP contribution in [0.3, 0.4) is 0 Å². The number of piperazine rings is 1. The normalized spacial score (nSPS) is 20.8. The van der Waals surface area contributed by atoms with E-state index in [1.807, 2.05) is 18.2 Å². The molecule has 1 aromatic carbocycles. The lowest BCUT2D eigenvalue weighted by Gasteiger charge is -2.30. The highest BCUT2D eigenvalue weighted by Crippen LogP contribution is 2.25. The maximum absolute atomic E-state index is 5.89. The Balaban J connectivity index is 1.77. The van der Waals surface area contributed by atoms with Gasteiger partial charge in [-0.3, -0.25) is 4.90 Å². The number of benzene rings is 1. The smallest absolute Gasteiger partial charge is 0.134 e. The molecule has 3 rings (SSSR count). The maximum Gasteiger partial charge on any atom is 0.134 e. The first-order valence-electron chi connectivity index (χ1n) is 6.77. The van der Waals surface area contributed by atoms with Crippen molar-refractivity contribution < 1.29 is 9.15 Å². The van der Waals surface area contributed by atoms with Crippen molar-refractivity contribution in [3.05, 3.63) is 30.0 Å². The van der Waals surface area contributed by atoms with E-state index >= 15 is 0 Å². The third-order valence-corrected chi connectivity index (χ3v) is 3.61. The van der Waals surface area contributed by atoms with Crippen molar-refractivity contribution >= 4 is 11.0 Å². The van der Waals surface area contributed by atoms with Crippen molar-refractivity contribution in [1.29, 1.82) is 0 Å². The van der Waals surface area contributed by atoms with Crippen molar-refractivity contribution in [1.82, 2.24) is 10.2 Å². The van der Waals surface area contributed by atoms with E-state index < -0.39 is 0 Å². The minimum absolute atomic E-state index is 0.554. The van der Waals surface area contributed by atoms with Crippen LogP contribution >= 0.6 is 0 Å². The Bertz CT molecular complexity index is 564. The Morgan fingerprint density at radius 1 is 1.42 bits per heavy atom. The molecule has 4 heteroatoms. The molecule has 1 aliphatic rings. The summed E-state index contributed by atoms with van der Waals surface area (Å²) >= 11 is 0. The molecular formula is C15H20N2O2. The maximum atomic E-state index is 5.89. The van der Waals surface area contributed by atoms with Crippen molar-refractivity contribution in [3.8, 4) is 5.75 Å². The molecule has 1 fully saturated rings. The highest BCUT2D eigenvalue weighted by molar-refractivity contribution is 5.79. The van der Waals surface area contributed by atoms with Gasteiger partial charge in [-0.05, 0) is 31.2 Å². The summed E-state index contributed by atoms with van der Waals surface area (Å²) < 4.78 is 11.1. The Morgan fingerprint density at radius 3 is 3.11 bits per heavy atom. The van der Waals surface area contributed by atoms with Crippen LogP contribution in [0.15, 0.2) is 28.7 Å². The molecular weight excluding hydrogens is 240 g/mol. The first-order valence-corrected chi connectivity index (χ1v) is 6.77. The van der Waals surface area contributed by atoms with Gasteiger partial charge in [-0.25, -0.2) is 0 Å². The van der Waals surface area contributed by atoms with Crippen LogP contribution in [0.1, 0.15) is 12.7 Å². The number of fused-ring (bicyclic) bond motifs is 1. The second kappa shape index (κ2) is 5.23. The van der Waals surface area contributed by atoms with E-state index in [1.165, 1.54) is 0 Å². The third kappa shape index (κ3) is 2.74. The first-order chi connectivity index (χ1) is 9.24. The quantitative estimate of drug-likeness (QED) is 0.918. The molecule has 0 unspecified atom stereocenters. The largest absolute Gasteiger partial charge is 0.497 e. The van der Waals surface area contributed by atoms with E-state index in [2.05, 4.69) is 23.2 Å². The van der Waals surface area contributed by atoms with E-state index in [-0.39, 0.29) is 0 Å². The number of hydrogen-bond donors (Lipinski definition) is 1. The second-order valence-electron chi connectivity index (χ2n) is 5.21. The zero-order valence-corrected chi connectivity index (χ0v) is 11.5. The van der Waals surface area contributed by atoms with Crippen LogP contribution in [-0.2, 0) is 6.54 Å². The lowest BCUT2D eigenvalue weighted by Crippen LogP contribution is -2.48. The summed E-state index contributed by atoms with van der Waals surface area (Å²) in [5, 5.41) is 4.56. The average Bonchev–Trinajstić information content (AvgIpc) is 2.79. The average molecular weight is 260 g/mol. The van der Waals surface area contributed by atoms with E-state index in [1.54, 1.807) is 7.11 Å². The number of furan rings is 1. The number of rotatable bonds is 3. The summed E-state index contributed by atoms with van der Waals surface area (Å²) in [6, 6.07) is 8.59. The lowest BCUT2D eigenvalue weighted by molar-refractivity contribution is 0.188. The second-order valence-corrected chi connectivity index (χ2v) is 5.21. The molecule has 1 aromatic heterocycles. The molecule has 4 nitrogen and oxygen atoms in total. The molecule has 0 aliphatic carbocycles. The van der Waals surface area contributed by atoms with Crippen molar-refractivity contribution in [2.45, 2.75) is 19.5 Å². The van der Waals surface area contributed by atoms with Gasteiger partial charge in [0.15, 0.2) is 0 Å². The molecule has 19 heavy (non-hydrogen) atoms. The van der Waals surface area contributed by atoms with Gasteiger partial charge in [0.1, 0.15) is 17.1 Å². The summed E-state index contributed by atoms with van der Waals surface area (Å²) in [5.41, 5.74) is 0.930. The fourth-order valence-corrected chi connectivity index (χ4v) is 2.66. The minimum atomic E-state index is 0.554. The van der Waals surface area contributed by atoms with Crippen molar-refractivity contribution in [3.63, 3.8) is 0 Å². The van der Waals surface area contributed by atoms with E-state index in [0.29, 0.717) is 6.04 Å². The highest BCUT2D eigenvalue weighted by Gasteiger charge is 2.17. The van der Waals surface area contributed by atoms with E-state index in [4.69, 9.17) is 9.15 Å². The summed E-state index contributed by atoms with van der Waals surface area (Å²) in [4.78, 5) is 2.43. The van der Waals surface area contributed by atoms with Crippen LogP contribution in [0.2, 0.25) is 0 Å².